The van der Waals surface area contributed by atoms with Crippen LogP contribution >= 0.6 is 15.9 Å². The van der Waals surface area contributed by atoms with Crippen LogP contribution in [0.1, 0.15) is 5.56 Å². The minimum Gasteiger partial charge on any atom is -0.399 e. The summed E-state index contributed by atoms with van der Waals surface area (Å²) in [7, 11) is 0. The average molecular weight is 320 g/mol. The molecule has 3 N–H and O–H groups in total. The van der Waals surface area contributed by atoms with Crippen LogP contribution in [0, 0.1) is 12.7 Å². The van der Waals surface area contributed by atoms with Crippen molar-refractivity contribution in [1.29, 1.82) is 0 Å². The van der Waals surface area contributed by atoms with Gasteiger partial charge in [0.05, 0.1) is 15.5 Å². The number of rotatable bonds is 1. The lowest BCUT2D eigenvalue weighted by Gasteiger charge is -2.03. The zero-order chi connectivity index (χ0) is 13.6. The summed E-state index contributed by atoms with van der Waals surface area (Å²) in [6, 6.07) is 8.73. The first-order valence-corrected chi connectivity index (χ1v) is 6.55. The molecule has 0 atom stereocenters. The molecular weight excluding hydrogens is 309 g/mol. The molecule has 0 spiro atoms. The van der Waals surface area contributed by atoms with Gasteiger partial charge in [0, 0.05) is 17.3 Å². The SMILES string of the molecule is Cc1ccc(N)cc1-c1nc2cc(Br)c(F)cc2[nH]1. The van der Waals surface area contributed by atoms with Crippen LogP contribution in [0.5, 0.6) is 0 Å². The molecule has 1 heterocycles. The highest BCUT2D eigenvalue weighted by Gasteiger charge is 2.10. The number of nitrogens with one attached hydrogen (secondary N) is 1. The monoisotopic (exact) mass is 319 g/mol. The summed E-state index contributed by atoms with van der Waals surface area (Å²) in [6.07, 6.45) is 0. The lowest BCUT2D eigenvalue weighted by atomic mass is 10.1. The highest BCUT2D eigenvalue weighted by Crippen LogP contribution is 2.28. The lowest BCUT2D eigenvalue weighted by molar-refractivity contribution is 0.623. The first kappa shape index (κ1) is 12.2. The number of aryl methyl sites for hydroxylation is 1. The number of hydrogen-bond acceptors (Lipinski definition) is 2. The van der Waals surface area contributed by atoms with E-state index in [1.165, 1.54) is 6.07 Å². The van der Waals surface area contributed by atoms with Gasteiger partial charge in [0.25, 0.3) is 0 Å². The van der Waals surface area contributed by atoms with Crippen molar-refractivity contribution in [3.8, 4) is 11.4 Å². The van der Waals surface area contributed by atoms with Gasteiger partial charge in [-0.15, -0.1) is 0 Å². The molecule has 0 unspecified atom stereocenters. The maximum atomic E-state index is 13.5. The van der Waals surface area contributed by atoms with Crippen molar-refractivity contribution in [2.45, 2.75) is 6.92 Å². The van der Waals surface area contributed by atoms with E-state index in [0.29, 0.717) is 27.0 Å². The number of halogens is 2. The van der Waals surface area contributed by atoms with Gasteiger partial charge in [-0.3, -0.25) is 0 Å². The van der Waals surface area contributed by atoms with Crippen molar-refractivity contribution in [1.82, 2.24) is 9.97 Å². The van der Waals surface area contributed by atoms with Crippen LogP contribution in [0.15, 0.2) is 34.8 Å². The molecule has 0 amide bonds. The second-order valence-electron chi connectivity index (χ2n) is 4.44. The van der Waals surface area contributed by atoms with Crippen LogP contribution < -0.4 is 5.73 Å². The molecule has 0 radical (unpaired) electrons. The second-order valence-corrected chi connectivity index (χ2v) is 5.30. The third-order valence-corrected chi connectivity index (χ3v) is 3.65. The molecular formula is C14H11BrFN3. The molecule has 0 fully saturated rings. The van der Waals surface area contributed by atoms with Gasteiger partial charge in [-0.25, -0.2) is 9.37 Å². The van der Waals surface area contributed by atoms with Gasteiger partial charge < -0.3 is 10.7 Å². The molecule has 1 aromatic heterocycles. The minimum atomic E-state index is -0.313. The van der Waals surface area contributed by atoms with Crippen LogP contribution in [0.2, 0.25) is 0 Å². The van der Waals surface area contributed by atoms with E-state index in [0.717, 1.165) is 11.1 Å². The summed E-state index contributed by atoms with van der Waals surface area (Å²) in [5.41, 5.74) is 9.84. The van der Waals surface area contributed by atoms with Gasteiger partial charge in [0.2, 0.25) is 0 Å². The standard InChI is InChI=1S/C14H11BrFN3/c1-7-2-3-8(17)4-9(7)14-18-12-5-10(15)11(16)6-13(12)19-14/h2-6H,17H2,1H3,(H,18,19). The van der Waals surface area contributed by atoms with Crippen LogP contribution in [0.4, 0.5) is 10.1 Å². The van der Waals surface area contributed by atoms with Crippen molar-refractivity contribution in [2.24, 2.45) is 0 Å². The van der Waals surface area contributed by atoms with Crippen LogP contribution in [-0.4, -0.2) is 9.97 Å². The van der Waals surface area contributed by atoms with Gasteiger partial charge in [0.15, 0.2) is 0 Å². The van der Waals surface area contributed by atoms with Crippen LogP contribution in [0.25, 0.3) is 22.4 Å². The number of nitrogen functional groups attached to an aromatic ring is 1. The fourth-order valence-corrected chi connectivity index (χ4v) is 2.36. The first-order chi connectivity index (χ1) is 9.04. The molecule has 0 bridgehead atoms. The highest BCUT2D eigenvalue weighted by molar-refractivity contribution is 9.10. The minimum absolute atomic E-state index is 0.313. The smallest absolute Gasteiger partial charge is 0.139 e. The Hall–Kier alpha value is -1.88. The number of hydrogen-bond donors (Lipinski definition) is 2. The summed E-state index contributed by atoms with van der Waals surface area (Å²) in [5, 5.41) is 0. The molecule has 0 saturated heterocycles. The van der Waals surface area contributed by atoms with Gasteiger partial charge in [-0.2, -0.15) is 0 Å². The lowest BCUT2D eigenvalue weighted by Crippen LogP contribution is -1.90. The molecule has 3 aromatic rings. The first-order valence-electron chi connectivity index (χ1n) is 5.76. The Morgan fingerprint density at radius 3 is 2.84 bits per heavy atom. The van der Waals surface area contributed by atoms with Gasteiger partial charge in [-0.1, -0.05) is 6.07 Å². The Kier molecular flexibility index (Phi) is 2.78. The number of benzene rings is 2. The molecule has 0 saturated carbocycles. The highest BCUT2D eigenvalue weighted by atomic mass is 79.9. The summed E-state index contributed by atoms with van der Waals surface area (Å²) in [6.45, 7) is 1.98. The topological polar surface area (TPSA) is 54.7 Å². The van der Waals surface area contributed by atoms with Gasteiger partial charge in [-0.05, 0) is 46.6 Å². The Morgan fingerprint density at radius 1 is 1.26 bits per heavy atom. The molecule has 96 valence electrons. The number of imidazole rings is 1. The van der Waals surface area contributed by atoms with Gasteiger partial charge >= 0.3 is 0 Å². The molecule has 0 aliphatic carbocycles. The second kappa shape index (κ2) is 4.35. The predicted molar refractivity (Wildman–Crippen MR) is 78.3 cm³/mol. The van der Waals surface area contributed by atoms with E-state index in [1.54, 1.807) is 6.07 Å². The largest absolute Gasteiger partial charge is 0.399 e. The number of nitrogens with two attached hydrogens (primary N) is 1. The predicted octanol–water partition coefficient (Wildman–Crippen LogP) is 4.02. The Bertz CT molecular complexity index is 741. The Labute approximate surface area is 117 Å². The summed E-state index contributed by atoms with van der Waals surface area (Å²) < 4.78 is 13.9. The van der Waals surface area contributed by atoms with Crippen molar-refractivity contribution in [3.63, 3.8) is 0 Å². The van der Waals surface area contributed by atoms with Crippen molar-refractivity contribution < 1.29 is 4.39 Å². The van der Waals surface area contributed by atoms with E-state index in [4.69, 9.17) is 5.73 Å². The number of fused-ring (bicyclic) bond motifs is 1. The van der Waals surface area contributed by atoms with Crippen molar-refractivity contribution in [2.75, 3.05) is 5.73 Å². The van der Waals surface area contributed by atoms with Gasteiger partial charge in [0.1, 0.15) is 11.6 Å². The Balaban J connectivity index is 2.23. The van der Waals surface area contributed by atoms with E-state index < -0.39 is 0 Å². The zero-order valence-corrected chi connectivity index (χ0v) is 11.8. The molecule has 0 aliphatic heterocycles. The van der Waals surface area contributed by atoms with Crippen molar-refractivity contribution in [3.05, 3.63) is 46.2 Å². The fraction of sp³-hybridized carbons (Fsp3) is 0.0714. The number of H-pyrrole nitrogens is 1. The average Bonchev–Trinajstić information content (AvgIpc) is 2.75. The number of anilines is 1. The molecule has 19 heavy (non-hydrogen) atoms. The number of aromatic nitrogens is 2. The normalized spacial score (nSPS) is 11.1. The van der Waals surface area contributed by atoms with Crippen molar-refractivity contribution >= 4 is 32.7 Å². The molecule has 3 rings (SSSR count). The summed E-state index contributed by atoms with van der Waals surface area (Å²) >= 11 is 3.16. The van der Waals surface area contributed by atoms with E-state index in [2.05, 4.69) is 25.9 Å². The maximum absolute atomic E-state index is 13.5. The Morgan fingerprint density at radius 2 is 2.05 bits per heavy atom. The fourth-order valence-electron chi connectivity index (χ4n) is 2.03. The molecule has 2 aromatic carbocycles. The number of nitrogens with zero attached hydrogens (tertiary/aromatic N) is 1. The van der Waals surface area contributed by atoms with E-state index in [9.17, 15) is 4.39 Å². The zero-order valence-electron chi connectivity index (χ0n) is 10.2. The quantitative estimate of drug-likeness (QED) is 0.665. The van der Waals surface area contributed by atoms with Crippen LogP contribution in [0.3, 0.4) is 0 Å². The van der Waals surface area contributed by atoms with Crippen LogP contribution in [-0.2, 0) is 0 Å². The third kappa shape index (κ3) is 2.10. The van der Waals surface area contributed by atoms with E-state index in [1.807, 2.05) is 25.1 Å². The summed E-state index contributed by atoms with van der Waals surface area (Å²) in [4.78, 5) is 7.60. The molecule has 0 aliphatic rings. The maximum Gasteiger partial charge on any atom is 0.139 e. The number of aromatic amines is 1. The summed E-state index contributed by atoms with van der Waals surface area (Å²) in [5.74, 6) is 0.379. The van der Waals surface area contributed by atoms with E-state index in [-0.39, 0.29) is 5.82 Å². The van der Waals surface area contributed by atoms with E-state index >= 15 is 0 Å². The molecule has 5 heteroatoms. The third-order valence-electron chi connectivity index (χ3n) is 3.04. The molecule has 3 nitrogen and oxygen atoms in total.